The Hall–Kier alpha value is -1.06. The lowest BCUT2D eigenvalue weighted by atomic mass is 10.1. The molecular formula is C12H19NO3. The molecule has 0 aromatic carbocycles. The Balaban J connectivity index is 1.70. The van der Waals surface area contributed by atoms with Crippen LogP contribution < -0.4 is 5.32 Å². The van der Waals surface area contributed by atoms with Gasteiger partial charge in [-0.15, -0.1) is 0 Å². The number of carboxylic acid groups (broad SMARTS) is 1. The molecule has 16 heavy (non-hydrogen) atoms. The molecule has 2 rings (SSSR count). The fourth-order valence-electron chi connectivity index (χ4n) is 2.04. The predicted octanol–water partition coefficient (Wildman–Crippen LogP) is 1.55. The Morgan fingerprint density at radius 2 is 1.94 bits per heavy atom. The van der Waals surface area contributed by atoms with Gasteiger partial charge in [-0.1, -0.05) is 12.8 Å². The third-order valence-corrected chi connectivity index (χ3v) is 3.41. The van der Waals surface area contributed by atoms with Crippen LogP contribution in [-0.4, -0.2) is 23.0 Å². The molecule has 2 N–H and O–H groups in total. The standard InChI is InChI=1S/C12H19NO3/c14-11(6-3-8-1-2-8)13-10(7-12(15)16)9-4-5-9/h8-10H,1-7H2,(H,13,14)(H,15,16). The lowest BCUT2D eigenvalue weighted by Crippen LogP contribution is -2.38. The van der Waals surface area contributed by atoms with E-state index >= 15 is 0 Å². The Labute approximate surface area is 95.4 Å². The summed E-state index contributed by atoms with van der Waals surface area (Å²) in [6.07, 6.45) is 6.23. The average Bonchev–Trinajstić information content (AvgIpc) is 3.05. The quantitative estimate of drug-likeness (QED) is 0.690. The summed E-state index contributed by atoms with van der Waals surface area (Å²) in [4.78, 5) is 22.2. The van der Waals surface area contributed by atoms with Gasteiger partial charge in [-0.05, 0) is 31.1 Å². The fraction of sp³-hybridized carbons (Fsp3) is 0.833. The molecule has 1 amide bonds. The van der Waals surface area contributed by atoms with Crippen molar-refractivity contribution in [2.24, 2.45) is 11.8 Å². The highest BCUT2D eigenvalue weighted by atomic mass is 16.4. The van der Waals surface area contributed by atoms with Crippen LogP contribution in [0, 0.1) is 11.8 Å². The minimum absolute atomic E-state index is 0.0325. The highest BCUT2D eigenvalue weighted by Crippen LogP contribution is 2.35. The van der Waals surface area contributed by atoms with Gasteiger partial charge in [0.1, 0.15) is 0 Å². The maximum absolute atomic E-state index is 11.6. The van der Waals surface area contributed by atoms with Crippen molar-refractivity contribution in [1.82, 2.24) is 5.32 Å². The SMILES string of the molecule is O=C(O)CC(NC(=O)CCC1CC1)C1CC1. The second kappa shape index (κ2) is 4.85. The molecule has 0 aromatic rings. The molecule has 2 aliphatic carbocycles. The molecule has 0 radical (unpaired) electrons. The van der Waals surface area contributed by atoms with E-state index in [1.807, 2.05) is 0 Å². The number of hydrogen-bond donors (Lipinski definition) is 2. The molecule has 1 unspecified atom stereocenters. The molecule has 0 spiro atoms. The minimum atomic E-state index is -0.820. The molecule has 2 fully saturated rings. The number of nitrogens with one attached hydrogen (secondary N) is 1. The van der Waals surface area contributed by atoms with E-state index in [-0.39, 0.29) is 18.4 Å². The van der Waals surface area contributed by atoms with Crippen LogP contribution in [0.25, 0.3) is 0 Å². The molecule has 0 bridgehead atoms. The zero-order valence-corrected chi connectivity index (χ0v) is 9.45. The summed E-state index contributed by atoms with van der Waals surface area (Å²) in [5, 5.41) is 11.6. The highest BCUT2D eigenvalue weighted by molar-refractivity contribution is 5.77. The highest BCUT2D eigenvalue weighted by Gasteiger charge is 2.33. The maximum Gasteiger partial charge on any atom is 0.305 e. The number of carbonyl (C=O) groups excluding carboxylic acids is 1. The van der Waals surface area contributed by atoms with Gasteiger partial charge in [-0.3, -0.25) is 9.59 Å². The van der Waals surface area contributed by atoms with Crippen LogP contribution in [0.3, 0.4) is 0 Å². The number of aliphatic carboxylic acids is 1. The number of carbonyl (C=O) groups is 2. The monoisotopic (exact) mass is 225 g/mol. The average molecular weight is 225 g/mol. The van der Waals surface area contributed by atoms with Crippen molar-refractivity contribution < 1.29 is 14.7 Å². The second-order valence-electron chi connectivity index (χ2n) is 5.09. The third kappa shape index (κ3) is 3.83. The zero-order chi connectivity index (χ0) is 11.5. The van der Waals surface area contributed by atoms with Crippen LogP contribution in [0.2, 0.25) is 0 Å². The van der Waals surface area contributed by atoms with E-state index in [0.29, 0.717) is 12.3 Å². The summed E-state index contributed by atoms with van der Waals surface area (Å²) in [5.74, 6) is 0.370. The van der Waals surface area contributed by atoms with Crippen molar-refractivity contribution in [1.29, 1.82) is 0 Å². The van der Waals surface area contributed by atoms with Gasteiger partial charge in [0.15, 0.2) is 0 Å². The first-order valence-electron chi connectivity index (χ1n) is 6.16. The normalized spacial score (nSPS) is 21.5. The van der Waals surface area contributed by atoms with Crippen LogP contribution in [0.1, 0.15) is 44.9 Å². The summed E-state index contributed by atoms with van der Waals surface area (Å²) in [6, 6.07) is -0.135. The predicted molar refractivity (Wildman–Crippen MR) is 58.9 cm³/mol. The van der Waals surface area contributed by atoms with Gasteiger partial charge in [0.2, 0.25) is 5.91 Å². The Morgan fingerprint density at radius 1 is 1.25 bits per heavy atom. The summed E-state index contributed by atoms with van der Waals surface area (Å²) in [7, 11) is 0. The van der Waals surface area contributed by atoms with Crippen molar-refractivity contribution in [2.75, 3.05) is 0 Å². The second-order valence-corrected chi connectivity index (χ2v) is 5.09. The van der Waals surface area contributed by atoms with E-state index in [4.69, 9.17) is 5.11 Å². The van der Waals surface area contributed by atoms with E-state index in [2.05, 4.69) is 5.32 Å². The zero-order valence-electron chi connectivity index (χ0n) is 9.45. The Bertz CT molecular complexity index is 282. The van der Waals surface area contributed by atoms with Crippen molar-refractivity contribution >= 4 is 11.9 Å². The molecule has 4 heteroatoms. The fourth-order valence-corrected chi connectivity index (χ4v) is 2.04. The largest absolute Gasteiger partial charge is 0.481 e. The number of hydrogen-bond acceptors (Lipinski definition) is 2. The van der Waals surface area contributed by atoms with Crippen LogP contribution >= 0.6 is 0 Å². The van der Waals surface area contributed by atoms with Gasteiger partial charge >= 0.3 is 5.97 Å². The molecule has 0 aliphatic heterocycles. The summed E-state index contributed by atoms with van der Waals surface area (Å²) in [5.41, 5.74) is 0. The minimum Gasteiger partial charge on any atom is -0.481 e. The van der Waals surface area contributed by atoms with Crippen molar-refractivity contribution in [3.63, 3.8) is 0 Å². The third-order valence-electron chi connectivity index (χ3n) is 3.41. The first-order chi connectivity index (χ1) is 7.65. The smallest absolute Gasteiger partial charge is 0.305 e. The first kappa shape index (κ1) is 11.4. The van der Waals surface area contributed by atoms with Gasteiger partial charge in [-0.25, -0.2) is 0 Å². The van der Waals surface area contributed by atoms with Crippen molar-refractivity contribution in [3.8, 4) is 0 Å². The molecule has 0 aromatic heterocycles. The van der Waals surface area contributed by atoms with Crippen LogP contribution in [-0.2, 0) is 9.59 Å². The van der Waals surface area contributed by atoms with Gasteiger partial charge in [-0.2, -0.15) is 0 Å². The van der Waals surface area contributed by atoms with Crippen molar-refractivity contribution in [3.05, 3.63) is 0 Å². The molecule has 1 atom stereocenters. The first-order valence-corrected chi connectivity index (χ1v) is 6.16. The molecule has 90 valence electrons. The lowest BCUT2D eigenvalue weighted by molar-refractivity contribution is -0.137. The lowest BCUT2D eigenvalue weighted by Gasteiger charge is -2.16. The van der Waals surface area contributed by atoms with Crippen molar-refractivity contribution in [2.45, 2.75) is 51.0 Å². The Kier molecular flexibility index (Phi) is 3.46. The number of amides is 1. The molecule has 0 saturated heterocycles. The van der Waals surface area contributed by atoms with Gasteiger partial charge < -0.3 is 10.4 Å². The van der Waals surface area contributed by atoms with Gasteiger partial charge in [0.25, 0.3) is 0 Å². The van der Waals surface area contributed by atoms with E-state index < -0.39 is 5.97 Å². The number of rotatable bonds is 7. The molecule has 2 aliphatic rings. The van der Waals surface area contributed by atoms with Gasteiger partial charge in [0.05, 0.1) is 6.42 Å². The van der Waals surface area contributed by atoms with Crippen LogP contribution in [0.15, 0.2) is 0 Å². The van der Waals surface area contributed by atoms with Crippen LogP contribution in [0.4, 0.5) is 0 Å². The summed E-state index contributed by atoms with van der Waals surface area (Å²) in [6.45, 7) is 0. The summed E-state index contributed by atoms with van der Waals surface area (Å²) >= 11 is 0. The summed E-state index contributed by atoms with van der Waals surface area (Å²) < 4.78 is 0. The Morgan fingerprint density at radius 3 is 2.44 bits per heavy atom. The van der Waals surface area contributed by atoms with E-state index in [0.717, 1.165) is 25.2 Å². The van der Waals surface area contributed by atoms with E-state index in [1.54, 1.807) is 0 Å². The van der Waals surface area contributed by atoms with Crippen LogP contribution in [0.5, 0.6) is 0 Å². The van der Waals surface area contributed by atoms with E-state index in [9.17, 15) is 9.59 Å². The topological polar surface area (TPSA) is 66.4 Å². The molecule has 2 saturated carbocycles. The maximum atomic E-state index is 11.6. The molecular weight excluding hydrogens is 206 g/mol. The van der Waals surface area contributed by atoms with E-state index in [1.165, 1.54) is 12.8 Å². The molecule has 0 heterocycles. The number of carboxylic acids is 1. The van der Waals surface area contributed by atoms with Gasteiger partial charge in [0, 0.05) is 12.5 Å². The molecule has 4 nitrogen and oxygen atoms in total.